The molecule has 1 heterocycles. The average molecular weight is 363 g/mol. The Labute approximate surface area is 117 Å². The molecule has 3 N–H and O–H groups in total. The smallest absolute Gasteiger partial charge is 0.249 e. The second-order valence-corrected chi connectivity index (χ2v) is 5.20. The number of piperazine rings is 1. The van der Waals surface area contributed by atoms with Gasteiger partial charge in [0.25, 0.3) is 0 Å². The predicted octanol–water partition coefficient (Wildman–Crippen LogP) is 0.864. The summed E-state index contributed by atoms with van der Waals surface area (Å²) in [4.78, 5) is 24.4. The molecule has 96 valence electrons. The Hall–Kier alpha value is -1.38. The van der Waals surface area contributed by atoms with Gasteiger partial charge in [0.15, 0.2) is 0 Å². The molecular formula is C11H11FIN3O2. The molecule has 2 amide bonds. The van der Waals surface area contributed by atoms with Crippen LogP contribution in [0, 0.1) is 9.39 Å². The molecule has 1 fully saturated rings. The molecule has 1 aliphatic rings. The van der Waals surface area contributed by atoms with E-state index >= 15 is 0 Å². The van der Waals surface area contributed by atoms with E-state index in [9.17, 15) is 14.0 Å². The van der Waals surface area contributed by atoms with Crippen LogP contribution >= 0.6 is 22.6 Å². The van der Waals surface area contributed by atoms with E-state index in [-0.39, 0.29) is 6.54 Å². The number of rotatable bonds is 1. The maximum atomic E-state index is 13.6. The molecule has 0 aliphatic carbocycles. The van der Waals surface area contributed by atoms with Crippen LogP contribution in [0.2, 0.25) is 0 Å². The molecule has 0 aromatic heterocycles. The van der Waals surface area contributed by atoms with Crippen LogP contribution in [0.1, 0.15) is 6.92 Å². The summed E-state index contributed by atoms with van der Waals surface area (Å²) in [6, 6.07) is 2.17. The minimum absolute atomic E-state index is 0.0167. The quantitative estimate of drug-likeness (QED) is 0.441. The number of nitrogens with one attached hydrogen (secondary N) is 1. The van der Waals surface area contributed by atoms with Crippen LogP contribution in [0.25, 0.3) is 0 Å². The molecule has 5 nitrogen and oxygen atoms in total. The fourth-order valence-corrected chi connectivity index (χ4v) is 2.30. The molecule has 0 radical (unpaired) electrons. The maximum Gasteiger partial charge on any atom is 0.249 e. The lowest BCUT2D eigenvalue weighted by molar-refractivity contribution is -0.132. The molecule has 0 bridgehead atoms. The molecule has 0 spiro atoms. The van der Waals surface area contributed by atoms with Crippen LogP contribution in [-0.2, 0) is 9.59 Å². The summed E-state index contributed by atoms with van der Waals surface area (Å²) in [5, 5.41) is 2.22. The van der Waals surface area contributed by atoms with Crippen molar-refractivity contribution >= 4 is 45.8 Å². The van der Waals surface area contributed by atoms with Crippen molar-refractivity contribution in [3.8, 4) is 0 Å². The molecule has 7 heteroatoms. The Morgan fingerprint density at radius 2 is 2.17 bits per heavy atom. The third kappa shape index (κ3) is 2.26. The molecule has 2 rings (SSSR count). The Bertz CT molecular complexity index is 535. The van der Waals surface area contributed by atoms with E-state index in [1.54, 1.807) is 6.92 Å². The summed E-state index contributed by atoms with van der Waals surface area (Å²) in [5.74, 6) is -1.26. The normalized spacial score (nSPS) is 19.9. The highest BCUT2D eigenvalue weighted by molar-refractivity contribution is 14.1. The first-order chi connectivity index (χ1) is 8.40. The summed E-state index contributed by atoms with van der Waals surface area (Å²) in [6.07, 6.45) is 0. The summed E-state index contributed by atoms with van der Waals surface area (Å²) in [6.45, 7) is 1.62. The number of halogens is 2. The van der Waals surface area contributed by atoms with Crippen molar-refractivity contribution in [2.24, 2.45) is 0 Å². The zero-order valence-corrected chi connectivity index (χ0v) is 11.7. The van der Waals surface area contributed by atoms with Crippen LogP contribution in [0.4, 0.5) is 15.8 Å². The van der Waals surface area contributed by atoms with Crippen molar-refractivity contribution < 1.29 is 14.0 Å². The molecule has 1 saturated heterocycles. The number of nitrogens with zero attached hydrogens (tertiary/aromatic N) is 1. The van der Waals surface area contributed by atoms with E-state index in [1.165, 1.54) is 17.0 Å². The lowest BCUT2D eigenvalue weighted by Crippen LogP contribution is -2.57. The van der Waals surface area contributed by atoms with Crippen LogP contribution in [0.15, 0.2) is 12.1 Å². The van der Waals surface area contributed by atoms with E-state index in [0.717, 1.165) is 0 Å². The number of carbonyl (C=O) groups is 2. The van der Waals surface area contributed by atoms with Gasteiger partial charge in [-0.25, -0.2) is 4.39 Å². The standard InChI is InChI=1S/C11H11FIN3O2/c1-5-11(18)15-10(17)4-16(5)9-2-6(12)7(13)3-8(9)14/h2-3,5H,4,14H2,1H3,(H,15,17,18). The van der Waals surface area contributed by atoms with E-state index in [2.05, 4.69) is 5.32 Å². The lowest BCUT2D eigenvalue weighted by atomic mass is 10.1. The third-order valence-electron chi connectivity index (χ3n) is 2.80. The van der Waals surface area contributed by atoms with Crippen molar-refractivity contribution in [2.45, 2.75) is 13.0 Å². The zero-order chi connectivity index (χ0) is 13.4. The molecule has 18 heavy (non-hydrogen) atoms. The number of imide groups is 1. The Kier molecular flexibility index (Phi) is 3.42. The van der Waals surface area contributed by atoms with E-state index in [4.69, 9.17) is 5.73 Å². The second-order valence-electron chi connectivity index (χ2n) is 4.04. The minimum Gasteiger partial charge on any atom is -0.397 e. The van der Waals surface area contributed by atoms with Gasteiger partial charge < -0.3 is 10.6 Å². The summed E-state index contributed by atoms with van der Waals surface area (Å²) >= 11 is 1.83. The molecule has 1 aliphatic heterocycles. The molecule has 1 unspecified atom stereocenters. The first kappa shape index (κ1) is 13.1. The second kappa shape index (κ2) is 4.71. The number of nitrogens with two attached hydrogens (primary N) is 1. The van der Waals surface area contributed by atoms with Crippen molar-refractivity contribution in [1.82, 2.24) is 5.32 Å². The Morgan fingerprint density at radius 1 is 1.50 bits per heavy atom. The van der Waals surface area contributed by atoms with Crippen molar-refractivity contribution in [2.75, 3.05) is 17.2 Å². The van der Waals surface area contributed by atoms with Gasteiger partial charge in [0.05, 0.1) is 21.5 Å². The van der Waals surface area contributed by atoms with Gasteiger partial charge in [-0.05, 0) is 35.6 Å². The zero-order valence-electron chi connectivity index (χ0n) is 9.54. The monoisotopic (exact) mass is 363 g/mol. The fourth-order valence-electron chi connectivity index (χ4n) is 1.81. The van der Waals surface area contributed by atoms with Crippen LogP contribution < -0.4 is 16.0 Å². The fraction of sp³-hybridized carbons (Fsp3) is 0.273. The van der Waals surface area contributed by atoms with Gasteiger partial charge >= 0.3 is 0 Å². The molecule has 1 aromatic rings. The van der Waals surface area contributed by atoms with E-state index in [1.807, 2.05) is 22.6 Å². The number of anilines is 2. The van der Waals surface area contributed by atoms with Crippen LogP contribution in [0.3, 0.4) is 0 Å². The SMILES string of the molecule is CC1C(=O)NC(=O)CN1c1cc(F)c(I)cc1N. The van der Waals surface area contributed by atoms with Crippen LogP contribution in [0.5, 0.6) is 0 Å². The number of amides is 2. The van der Waals surface area contributed by atoms with Gasteiger partial charge in [-0.15, -0.1) is 0 Å². The lowest BCUT2D eigenvalue weighted by Gasteiger charge is -2.34. The van der Waals surface area contributed by atoms with Crippen molar-refractivity contribution in [3.63, 3.8) is 0 Å². The van der Waals surface area contributed by atoms with Crippen LogP contribution in [-0.4, -0.2) is 24.4 Å². The first-order valence-electron chi connectivity index (χ1n) is 5.25. The molecule has 0 saturated carbocycles. The summed E-state index contributed by atoms with van der Waals surface area (Å²) in [5.41, 5.74) is 6.53. The van der Waals surface area contributed by atoms with Gasteiger partial charge in [-0.2, -0.15) is 0 Å². The number of hydrogen-bond acceptors (Lipinski definition) is 4. The molecule has 1 atom stereocenters. The third-order valence-corrected chi connectivity index (χ3v) is 3.63. The van der Waals surface area contributed by atoms with E-state index < -0.39 is 23.7 Å². The van der Waals surface area contributed by atoms with Gasteiger partial charge in [0, 0.05) is 6.07 Å². The van der Waals surface area contributed by atoms with Crippen molar-refractivity contribution in [3.05, 3.63) is 21.5 Å². The largest absolute Gasteiger partial charge is 0.397 e. The topological polar surface area (TPSA) is 75.4 Å². The molecular weight excluding hydrogens is 352 g/mol. The summed E-state index contributed by atoms with van der Waals surface area (Å²) in [7, 11) is 0. The average Bonchev–Trinajstić information content (AvgIpc) is 2.29. The highest BCUT2D eigenvalue weighted by atomic mass is 127. The van der Waals surface area contributed by atoms with Gasteiger partial charge in [-0.1, -0.05) is 0 Å². The summed E-state index contributed by atoms with van der Waals surface area (Å²) < 4.78 is 14.0. The van der Waals surface area contributed by atoms with Gasteiger partial charge in [-0.3, -0.25) is 14.9 Å². The molecule has 1 aromatic carbocycles. The van der Waals surface area contributed by atoms with Gasteiger partial charge in [0.2, 0.25) is 11.8 Å². The minimum atomic E-state index is -0.565. The highest BCUT2D eigenvalue weighted by Gasteiger charge is 2.31. The predicted molar refractivity (Wildman–Crippen MR) is 73.5 cm³/mol. The highest BCUT2D eigenvalue weighted by Crippen LogP contribution is 2.29. The number of nitrogen functional groups attached to an aromatic ring is 1. The Balaban J connectivity index is 2.44. The van der Waals surface area contributed by atoms with Crippen molar-refractivity contribution in [1.29, 1.82) is 0 Å². The number of hydrogen-bond donors (Lipinski definition) is 2. The maximum absolute atomic E-state index is 13.6. The van der Waals surface area contributed by atoms with E-state index in [0.29, 0.717) is 14.9 Å². The van der Waals surface area contributed by atoms with Gasteiger partial charge in [0.1, 0.15) is 11.9 Å². The Morgan fingerprint density at radius 3 is 2.83 bits per heavy atom. The first-order valence-corrected chi connectivity index (χ1v) is 6.33. The number of carbonyl (C=O) groups excluding carboxylic acids is 2. The number of benzene rings is 1.